The highest BCUT2D eigenvalue weighted by Gasteiger charge is 2.34. The molecule has 0 fully saturated rings. The molecular formula is C21H40N4O6. The van der Waals surface area contributed by atoms with Crippen molar-refractivity contribution in [1.29, 1.82) is 0 Å². The highest BCUT2D eigenvalue weighted by Crippen LogP contribution is 2.15. The molecule has 0 aliphatic heterocycles. The zero-order valence-electron chi connectivity index (χ0n) is 18.8. The van der Waals surface area contributed by atoms with E-state index < -0.39 is 24.0 Å². The molecule has 0 aromatic rings. The highest BCUT2D eigenvalue weighted by atomic mass is 16.4. The van der Waals surface area contributed by atoms with Crippen molar-refractivity contribution in [3.8, 4) is 0 Å². The maximum atomic E-state index is 11.1. The van der Waals surface area contributed by atoms with Crippen LogP contribution in [-0.4, -0.2) is 59.4 Å². The molecule has 180 valence electrons. The van der Waals surface area contributed by atoms with Gasteiger partial charge in [0.2, 0.25) is 0 Å². The van der Waals surface area contributed by atoms with E-state index in [0.717, 1.165) is 51.4 Å². The molecule has 0 aliphatic rings. The number of hydrogen-bond acceptors (Lipinski definition) is 6. The van der Waals surface area contributed by atoms with Gasteiger partial charge in [-0.05, 0) is 33.2 Å². The molecule has 0 heterocycles. The van der Waals surface area contributed by atoms with Gasteiger partial charge >= 0.3 is 12.2 Å². The topological polar surface area (TPSA) is 157 Å². The van der Waals surface area contributed by atoms with Crippen molar-refractivity contribution in [2.24, 2.45) is 0 Å². The predicted octanol–water partition coefficient (Wildman–Crippen LogP) is 2.82. The second-order valence-corrected chi connectivity index (χ2v) is 8.00. The number of rotatable bonds is 20. The predicted molar refractivity (Wildman–Crippen MR) is 118 cm³/mol. The van der Waals surface area contributed by atoms with Gasteiger partial charge < -0.3 is 25.1 Å². The molecule has 2 unspecified atom stereocenters. The minimum absolute atomic E-state index is 0.0748. The third kappa shape index (κ3) is 16.2. The fourth-order valence-corrected chi connectivity index (χ4v) is 3.40. The number of carbonyl (C=O) groups is 4. The smallest absolute Gasteiger partial charge is 0.407 e. The molecule has 10 heteroatoms. The molecule has 0 saturated carbocycles. The summed E-state index contributed by atoms with van der Waals surface area (Å²) >= 11 is 0. The fraction of sp³-hybridized carbons (Fsp3) is 0.810. The lowest BCUT2D eigenvalue weighted by Crippen LogP contribution is -2.70. The maximum absolute atomic E-state index is 11.1. The van der Waals surface area contributed by atoms with Crippen molar-refractivity contribution in [3.63, 3.8) is 0 Å². The zero-order chi connectivity index (χ0) is 23.5. The van der Waals surface area contributed by atoms with Gasteiger partial charge in [0.1, 0.15) is 12.6 Å². The first-order valence-electron chi connectivity index (χ1n) is 11.2. The van der Waals surface area contributed by atoms with Gasteiger partial charge in [0, 0.05) is 6.42 Å². The Bertz CT molecular complexity index is 516. The molecule has 6 N–H and O–H groups in total. The molecule has 0 aromatic heterocycles. The van der Waals surface area contributed by atoms with Gasteiger partial charge in [0.15, 0.2) is 5.79 Å². The van der Waals surface area contributed by atoms with Crippen LogP contribution >= 0.6 is 0 Å². The first kappa shape index (κ1) is 28.8. The summed E-state index contributed by atoms with van der Waals surface area (Å²) in [5, 5.41) is 28.4. The number of amides is 2. The van der Waals surface area contributed by atoms with Crippen LogP contribution in [0.2, 0.25) is 0 Å². The third-order valence-corrected chi connectivity index (χ3v) is 4.97. The summed E-state index contributed by atoms with van der Waals surface area (Å²) in [7, 11) is 0. The standard InChI is InChI=1S/C21H40N4O6/c1-17(15-26)22-14-12-10-8-6-4-3-5-7-9-11-13-21(24-19(28)29,25-20(30)31)23-18(2)16-27/h15-18,22-25H,3-14H2,1-2H3,(H,28,29)(H,30,31). The first-order valence-corrected chi connectivity index (χ1v) is 11.2. The zero-order valence-corrected chi connectivity index (χ0v) is 18.8. The number of unbranched alkanes of at least 4 members (excludes halogenated alkanes) is 9. The van der Waals surface area contributed by atoms with Crippen molar-refractivity contribution in [2.75, 3.05) is 6.54 Å². The van der Waals surface area contributed by atoms with Crippen LogP contribution in [0.15, 0.2) is 0 Å². The monoisotopic (exact) mass is 444 g/mol. The van der Waals surface area contributed by atoms with E-state index in [0.29, 0.717) is 12.7 Å². The molecule has 0 rings (SSSR count). The molecule has 31 heavy (non-hydrogen) atoms. The number of carbonyl (C=O) groups excluding carboxylic acids is 2. The lowest BCUT2D eigenvalue weighted by Gasteiger charge is -2.35. The van der Waals surface area contributed by atoms with Crippen LogP contribution < -0.4 is 21.3 Å². The average molecular weight is 445 g/mol. The van der Waals surface area contributed by atoms with Crippen molar-refractivity contribution in [2.45, 2.75) is 102 Å². The van der Waals surface area contributed by atoms with Crippen LogP contribution in [0.1, 0.15) is 84.5 Å². The van der Waals surface area contributed by atoms with Crippen molar-refractivity contribution < 1.29 is 29.4 Å². The van der Waals surface area contributed by atoms with Gasteiger partial charge in [-0.3, -0.25) is 16.0 Å². The molecule has 2 atom stereocenters. The van der Waals surface area contributed by atoms with Gasteiger partial charge in [-0.1, -0.05) is 51.4 Å². The molecule has 0 radical (unpaired) electrons. The average Bonchev–Trinajstić information content (AvgIpc) is 2.69. The summed E-state index contributed by atoms with van der Waals surface area (Å²) in [5.74, 6) is -1.60. The van der Waals surface area contributed by atoms with E-state index in [2.05, 4.69) is 21.3 Å². The van der Waals surface area contributed by atoms with Gasteiger partial charge in [-0.25, -0.2) is 9.59 Å². The van der Waals surface area contributed by atoms with Gasteiger partial charge in [-0.2, -0.15) is 0 Å². The molecule has 0 spiro atoms. The van der Waals surface area contributed by atoms with Gasteiger partial charge in [0.05, 0.1) is 12.1 Å². The molecule has 10 nitrogen and oxygen atoms in total. The largest absolute Gasteiger partial charge is 0.465 e. The molecule has 0 aromatic carbocycles. The lowest BCUT2D eigenvalue weighted by atomic mass is 10.0. The van der Waals surface area contributed by atoms with Crippen LogP contribution in [0.3, 0.4) is 0 Å². The molecular weight excluding hydrogens is 404 g/mol. The van der Waals surface area contributed by atoms with E-state index in [1.54, 1.807) is 0 Å². The van der Waals surface area contributed by atoms with Crippen LogP contribution in [0.25, 0.3) is 0 Å². The minimum Gasteiger partial charge on any atom is -0.465 e. The third-order valence-electron chi connectivity index (χ3n) is 4.97. The second kappa shape index (κ2) is 17.5. The molecule has 0 saturated heterocycles. The number of carboxylic acid groups (broad SMARTS) is 2. The van der Waals surface area contributed by atoms with Crippen molar-refractivity contribution >= 4 is 24.8 Å². The maximum Gasteiger partial charge on any atom is 0.407 e. The summed E-state index contributed by atoms with van der Waals surface area (Å²) in [6.07, 6.45) is 9.31. The Morgan fingerprint density at radius 2 is 1.16 bits per heavy atom. The summed E-state index contributed by atoms with van der Waals surface area (Å²) in [6.45, 7) is 4.24. The first-order chi connectivity index (χ1) is 14.7. The van der Waals surface area contributed by atoms with Gasteiger partial charge in [0.25, 0.3) is 0 Å². The number of nitrogens with one attached hydrogen (secondary N) is 4. The quantitative estimate of drug-likeness (QED) is 0.0950. The SMILES string of the molecule is CC(C=O)NCCCCCCCCCCCCC(NC(=O)O)(NC(=O)O)NC(C)C=O. The van der Waals surface area contributed by atoms with E-state index in [1.807, 2.05) is 6.92 Å². The van der Waals surface area contributed by atoms with E-state index in [-0.39, 0.29) is 12.5 Å². The fourth-order valence-electron chi connectivity index (χ4n) is 3.40. The van der Waals surface area contributed by atoms with E-state index in [9.17, 15) is 19.2 Å². The van der Waals surface area contributed by atoms with Crippen LogP contribution in [-0.2, 0) is 9.59 Å². The second-order valence-electron chi connectivity index (χ2n) is 8.00. The molecule has 0 bridgehead atoms. The Morgan fingerprint density at radius 1 is 0.742 bits per heavy atom. The summed E-state index contributed by atoms with van der Waals surface area (Å²) < 4.78 is 0. The Labute approximate surface area is 184 Å². The highest BCUT2D eigenvalue weighted by molar-refractivity contribution is 5.70. The van der Waals surface area contributed by atoms with Crippen LogP contribution in [0.5, 0.6) is 0 Å². The normalized spacial score (nSPS) is 13.2. The number of hydrogen-bond donors (Lipinski definition) is 6. The summed E-state index contributed by atoms with van der Waals surface area (Å²) in [6, 6.07) is -0.794. The van der Waals surface area contributed by atoms with Crippen molar-refractivity contribution in [3.05, 3.63) is 0 Å². The summed E-state index contributed by atoms with van der Waals surface area (Å²) in [4.78, 5) is 43.7. The van der Waals surface area contributed by atoms with Gasteiger partial charge in [-0.15, -0.1) is 0 Å². The van der Waals surface area contributed by atoms with Crippen LogP contribution in [0, 0.1) is 0 Å². The lowest BCUT2D eigenvalue weighted by molar-refractivity contribution is -0.110. The van der Waals surface area contributed by atoms with E-state index in [4.69, 9.17) is 10.2 Å². The Hall–Kier alpha value is -2.20. The Kier molecular flexibility index (Phi) is 16.2. The summed E-state index contributed by atoms with van der Waals surface area (Å²) in [5.41, 5.74) is 0. The molecule has 0 aliphatic carbocycles. The number of aldehydes is 2. The van der Waals surface area contributed by atoms with E-state index in [1.165, 1.54) is 26.2 Å². The van der Waals surface area contributed by atoms with Crippen molar-refractivity contribution in [1.82, 2.24) is 21.3 Å². The van der Waals surface area contributed by atoms with E-state index >= 15 is 0 Å². The Balaban J connectivity index is 4.03. The molecule has 2 amide bonds. The Morgan fingerprint density at radius 3 is 1.58 bits per heavy atom. The minimum atomic E-state index is -1.60. The van der Waals surface area contributed by atoms with Crippen LogP contribution in [0.4, 0.5) is 9.59 Å².